The number of halogens is 1. The number of ether oxygens (including phenoxy) is 1. The van der Waals surface area contributed by atoms with Gasteiger partial charge in [-0.3, -0.25) is 0 Å². The number of aromatic nitrogens is 1. The molecule has 2 aliphatic heterocycles. The van der Waals surface area contributed by atoms with Crippen molar-refractivity contribution in [3.05, 3.63) is 17.3 Å². The first kappa shape index (κ1) is 10.2. The Morgan fingerprint density at radius 2 is 2.06 bits per heavy atom. The number of anilines is 2. The van der Waals surface area contributed by atoms with Gasteiger partial charge in [-0.15, -0.1) is 0 Å². The molecule has 16 heavy (non-hydrogen) atoms. The molecule has 0 amide bonds. The van der Waals surface area contributed by atoms with Crippen LogP contribution in [-0.2, 0) is 4.74 Å². The van der Waals surface area contributed by atoms with Crippen molar-refractivity contribution in [2.75, 3.05) is 36.9 Å². The lowest BCUT2D eigenvalue weighted by Crippen LogP contribution is -2.23. The third-order valence-corrected chi connectivity index (χ3v) is 3.75. The zero-order chi connectivity index (χ0) is 11.1. The summed E-state index contributed by atoms with van der Waals surface area (Å²) in [6.07, 6.45) is 1.62. The number of nitrogen functional groups attached to an aromatic ring is 1. The van der Waals surface area contributed by atoms with Gasteiger partial charge in [0.1, 0.15) is 5.82 Å². The van der Waals surface area contributed by atoms with Crippen LogP contribution in [0.3, 0.4) is 0 Å². The molecule has 0 saturated carbocycles. The summed E-state index contributed by atoms with van der Waals surface area (Å²) in [5.74, 6) is 2.23. The van der Waals surface area contributed by atoms with Crippen LogP contribution in [0.1, 0.15) is 0 Å². The molecular formula is C11H14ClN3O. The number of rotatable bonds is 1. The first-order chi connectivity index (χ1) is 7.74. The molecule has 0 aliphatic carbocycles. The summed E-state index contributed by atoms with van der Waals surface area (Å²) in [5, 5.41) is 0.520. The van der Waals surface area contributed by atoms with Crippen molar-refractivity contribution in [2.24, 2.45) is 11.8 Å². The van der Waals surface area contributed by atoms with Crippen LogP contribution in [0, 0.1) is 11.8 Å². The van der Waals surface area contributed by atoms with E-state index >= 15 is 0 Å². The van der Waals surface area contributed by atoms with E-state index in [0.29, 0.717) is 22.5 Å². The molecule has 2 aliphatic rings. The van der Waals surface area contributed by atoms with Crippen molar-refractivity contribution >= 4 is 23.1 Å². The second-order valence-electron chi connectivity index (χ2n) is 4.53. The van der Waals surface area contributed by atoms with Gasteiger partial charge in [-0.2, -0.15) is 0 Å². The van der Waals surface area contributed by atoms with E-state index in [4.69, 9.17) is 22.1 Å². The number of nitrogens with zero attached hydrogens (tertiary/aromatic N) is 2. The minimum atomic E-state index is 0.520. The smallest absolute Gasteiger partial charge is 0.130 e. The van der Waals surface area contributed by atoms with Gasteiger partial charge in [-0.25, -0.2) is 4.98 Å². The van der Waals surface area contributed by atoms with Gasteiger partial charge in [0, 0.05) is 37.2 Å². The molecule has 4 nitrogen and oxygen atoms in total. The van der Waals surface area contributed by atoms with E-state index in [1.54, 1.807) is 6.20 Å². The monoisotopic (exact) mass is 239 g/mol. The molecule has 0 spiro atoms. The largest absolute Gasteiger partial charge is 0.397 e. The molecule has 1 aromatic heterocycles. The number of hydrogen-bond acceptors (Lipinski definition) is 4. The highest BCUT2D eigenvalue weighted by Gasteiger charge is 2.37. The third-order valence-electron chi connectivity index (χ3n) is 3.43. The number of pyridine rings is 1. The van der Waals surface area contributed by atoms with Crippen LogP contribution in [0.15, 0.2) is 12.3 Å². The topological polar surface area (TPSA) is 51.4 Å². The Balaban J connectivity index is 1.81. The molecule has 2 fully saturated rings. The van der Waals surface area contributed by atoms with Gasteiger partial charge < -0.3 is 15.4 Å². The summed E-state index contributed by atoms with van der Waals surface area (Å²) in [6, 6.07) is 1.85. The SMILES string of the molecule is Nc1cc(N2CC3COCC3C2)ncc1Cl. The summed E-state index contributed by atoms with van der Waals surface area (Å²) in [5.41, 5.74) is 6.38. The van der Waals surface area contributed by atoms with E-state index in [-0.39, 0.29) is 0 Å². The summed E-state index contributed by atoms with van der Waals surface area (Å²) in [7, 11) is 0. The van der Waals surface area contributed by atoms with E-state index in [1.165, 1.54) is 0 Å². The average Bonchev–Trinajstić information content (AvgIpc) is 2.81. The Bertz CT molecular complexity index is 400. The van der Waals surface area contributed by atoms with Crippen LogP contribution in [-0.4, -0.2) is 31.3 Å². The molecular weight excluding hydrogens is 226 g/mol. The maximum Gasteiger partial charge on any atom is 0.130 e. The molecule has 3 rings (SSSR count). The predicted molar refractivity (Wildman–Crippen MR) is 63.7 cm³/mol. The molecule has 86 valence electrons. The summed E-state index contributed by atoms with van der Waals surface area (Å²) >= 11 is 5.86. The second-order valence-corrected chi connectivity index (χ2v) is 4.93. The third kappa shape index (κ3) is 1.62. The van der Waals surface area contributed by atoms with Crippen molar-refractivity contribution in [1.29, 1.82) is 0 Å². The molecule has 3 heterocycles. The van der Waals surface area contributed by atoms with Crippen LogP contribution in [0.25, 0.3) is 0 Å². The van der Waals surface area contributed by atoms with E-state index in [1.807, 2.05) is 6.07 Å². The average molecular weight is 240 g/mol. The van der Waals surface area contributed by atoms with Crippen LogP contribution in [0.2, 0.25) is 5.02 Å². The number of hydrogen-bond donors (Lipinski definition) is 1. The van der Waals surface area contributed by atoms with Gasteiger partial charge in [0.2, 0.25) is 0 Å². The van der Waals surface area contributed by atoms with Crippen LogP contribution in [0.5, 0.6) is 0 Å². The van der Waals surface area contributed by atoms with E-state index in [2.05, 4.69) is 9.88 Å². The van der Waals surface area contributed by atoms with E-state index in [9.17, 15) is 0 Å². The highest BCUT2D eigenvalue weighted by Crippen LogP contribution is 2.33. The highest BCUT2D eigenvalue weighted by atomic mass is 35.5. The van der Waals surface area contributed by atoms with Gasteiger partial charge >= 0.3 is 0 Å². The van der Waals surface area contributed by atoms with Crippen LogP contribution >= 0.6 is 11.6 Å². The molecule has 5 heteroatoms. The lowest BCUT2D eigenvalue weighted by Gasteiger charge is -2.18. The second kappa shape index (κ2) is 3.79. The molecule has 2 unspecified atom stereocenters. The van der Waals surface area contributed by atoms with Crippen molar-refractivity contribution in [3.63, 3.8) is 0 Å². The first-order valence-corrected chi connectivity index (χ1v) is 5.85. The van der Waals surface area contributed by atoms with Gasteiger partial charge in [-0.05, 0) is 0 Å². The van der Waals surface area contributed by atoms with Crippen molar-refractivity contribution < 1.29 is 4.74 Å². The van der Waals surface area contributed by atoms with E-state index in [0.717, 1.165) is 32.1 Å². The maximum atomic E-state index is 5.86. The first-order valence-electron chi connectivity index (χ1n) is 5.48. The Labute approximate surface area is 99.3 Å². The fourth-order valence-electron chi connectivity index (χ4n) is 2.49. The lowest BCUT2D eigenvalue weighted by atomic mass is 10.0. The molecule has 0 radical (unpaired) electrons. The highest BCUT2D eigenvalue weighted by molar-refractivity contribution is 6.32. The Kier molecular flexibility index (Phi) is 2.41. The Morgan fingerprint density at radius 1 is 1.38 bits per heavy atom. The summed E-state index contributed by atoms with van der Waals surface area (Å²) in [4.78, 5) is 6.59. The van der Waals surface area contributed by atoms with Gasteiger partial charge in [-0.1, -0.05) is 11.6 Å². The molecule has 2 N–H and O–H groups in total. The zero-order valence-corrected chi connectivity index (χ0v) is 9.65. The summed E-state index contributed by atoms with van der Waals surface area (Å²) < 4.78 is 5.45. The normalized spacial score (nSPS) is 28.4. The van der Waals surface area contributed by atoms with Crippen LogP contribution in [0.4, 0.5) is 11.5 Å². The fraction of sp³-hybridized carbons (Fsp3) is 0.545. The molecule has 0 bridgehead atoms. The number of nitrogens with two attached hydrogens (primary N) is 1. The van der Waals surface area contributed by atoms with Crippen molar-refractivity contribution in [3.8, 4) is 0 Å². The minimum absolute atomic E-state index is 0.520. The Hall–Kier alpha value is -1.00. The van der Waals surface area contributed by atoms with Gasteiger partial charge in [0.25, 0.3) is 0 Å². The zero-order valence-electron chi connectivity index (χ0n) is 8.90. The molecule has 1 aromatic rings. The van der Waals surface area contributed by atoms with Gasteiger partial charge in [0.15, 0.2) is 0 Å². The molecule has 2 saturated heterocycles. The minimum Gasteiger partial charge on any atom is -0.397 e. The van der Waals surface area contributed by atoms with Crippen LogP contribution < -0.4 is 10.6 Å². The summed E-state index contributed by atoms with van der Waals surface area (Å²) in [6.45, 7) is 3.78. The quantitative estimate of drug-likeness (QED) is 0.805. The Morgan fingerprint density at radius 3 is 2.69 bits per heavy atom. The maximum absolute atomic E-state index is 5.86. The standard InChI is InChI=1S/C11H14ClN3O/c12-9-2-14-11(1-10(9)13)15-3-7-5-16-6-8(7)4-15/h1-2,7-8H,3-6H2,(H2,13,14). The lowest BCUT2D eigenvalue weighted by molar-refractivity contribution is 0.177. The van der Waals surface area contributed by atoms with Crippen molar-refractivity contribution in [1.82, 2.24) is 4.98 Å². The van der Waals surface area contributed by atoms with Gasteiger partial charge in [0.05, 0.1) is 23.9 Å². The molecule has 0 aromatic carbocycles. The number of fused-ring (bicyclic) bond motifs is 1. The predicted octanol–water partition coefficient (Wildman–Crippen LogP) is 1.40. The van der Waals surface area contributed by atoms with Crippen molar-refractivity contribution in [2.45, 2.75) is 0 Å². The van der Waals surface area contributed by atoms with E-state index < -0.39 is 0 Å². The molecule has 2 atom stereocenters. The fourth-order valence-corrected chi connectivity index (χ4v) is 2.59.